The minimum absolute atomic E-state index is 0.193. The summed E-state index contributed by atoms with van der Waals surface area (Å²) in [4.78, 5) is 26.6. The first-order valence-corrected chi connectivity index (χ1v) is 5.99. The van der Waals surface area contributed by atoms with E-state index in [0.717, 1.165) is 6.08 Å². The van der Waals surface area contributed by atoms with E-state index in [4.69, 9.17) is 9.84 Å². The van der Waals surface area contributed by atoms with Gasteiger partial charge in [0.15, 0.2) is 0 Å². The molecule has 2 atom stereocenters. The highest BCUT2D eigenvalue weighted by Gasteiger charge is 2.53. The van der Waals surface area contributed by atoms with Crippen LogP contribution in [0.25, 0.3) is 0 Å². The van der Waals surface area contributed by atoms with Crippen molar-refractivity contribution in [1.29, 1.82) is 0 Å². The Morgan fingerprint density at radius 2 is 2.10 bits per heavy atom. The predicted octanol–water partition coefficient (Wildman–Crippen LogP) is -1.90. The molecule has 0 aromatic rings. The topological polar surface area (TPSA) is 137 Å². The number of carboxylic acids is 1. The third-order valence-electron chi connectivity index (χ3n) is 3.40. The molecule has 20 heavy (non-hydrogen) atoms. The van der Waals surface area contributed by atoms with E-state index in [1.54, 1.807) is 0 Å². The second-order valence-electron chi connectivity index (χ2n) is 4.90. The monoisotopic (exact) mass is 285 g/mol. The van der Waals surface area contributed by atoms with Crippen LogP contribution in [0.4, 0.5) is 0 Å². The first-order chi connectivity index (χ1) is 9.37. The number of aliphatic hydroxyl groups excluding tert-OH is 2. The van der Waals surface area contributed by atoms with Crippen LogP contribution >= 0.6 is 0 Å². The fraction of sp³-hybridized carbons (Fsp3) is 0.583. The van der Waals surface area contributed by atoms with Gasteiger partial charge < -0.3 is 25.2 Å². The van der Waals surface area contributed by atoms with Crippen molar-refractivity contribution < 1.29 is 34.8 Å². The van der Waals surface area contributed by atoms with Crippen LogP contribution in [0.2, 0.25) is 0 Å². The zero-order chi connectivity index (χ0) is 15.0. The van der Waals surface area contributed by atoms with Crippen LogP contribution in [0, 0.1) is 5.92 Å². The Morgan fingerprint density at radius 1 is 1.45 bits per heavy atom. The molecule has 4 N–H and O–H groups in total. The highest BCUT2D eigenvalue weighted by atomic mass is 16.6. The number of aliphatic imine (C=N–C) groups is 1. The summed E-state index contributed by atoms with van der Waals surface area (Å²) in [6.07, 6.45) is 1.98. The number of aliphatic carboxylic acids is 1. The van der Waals surface area contributed by atoms with Crippen LogP contribution in [0.15, 0.2) is 17.1 Å². The smallest absolute Gasteiger partial charge is 0.304 e. The van der Waals surface area contributed by atoms with E-state index in [2.05, 4.69) is 4.99 Å². The molecule has 1 heterocycles. The summed E-state index contributed by atoms with van der Waals surface area (Å²) in [6.45, 7) is -1.46. The number of ether oxygens (including phenoxy) is 1. The molecule has 1 aliphatic heterocycles. The highest BCUT2D eigenvalue weighted by molar-refractivity contribution is 6.19. The summed E-state index contributed by atoms with van der Waals surface area (Å²) in [6, 6.07) is 0. The van der Waals surface area contributed by atoms with Gasteiger partial charge in [0.25, 0.3) is 5.79 Å². The predicted molar refractivity (Wildman–Crippen MR) is 65.1 cm³/mol. The Balaban J connectivity index is 2.48. The largest absolute Gasteiger partial charge is 0.481 e. The van der Waals surface area contributed by atoms with Crippen molar-refractivity contribution in [2.75, 3.05) is 19.8 Å². The summed E-state index contributed by atoms with van der Waals surface area (Å²) in [5.74, 6) is -5.05. The fourth-order valence-electron chi connectivity index (χ4n) is 2.18. The van der Waals surface area contributed by atoms with Crippen LogP contribution in [0.1, 0.15) is 6.42 Å². The van der Waals surface area contributed by atoms with Gasteiger partial charge in [-0.1, -0.05) is 6.08 Å². The van der Waals surface area contributed by atoms with Gasteiger partial charge in [0, 0.05) is 5.92 Å². The molecule has 0 aromatic carbocycles. The molecule has 110 valence electrons. The molecule has 0 bridgehead atoms. The van der Waals surface area contributed by atoms with Gasteiger partial charge in [-0.25, -0.2) is 0 Å². The minimum Gasteiger partial charge on any atom is -0.481 e. The maximum atomic E-state index is 11.8. The molecule has 0 saturated carbocycles. The standard InChI is InChI=1S/C12H15NO7/c14-4-11(5-15)6-20-12(19)8(16)2-1-7(3-9(17)18)10(12)13-11/h1-2,7,14-15,19H,3-6H2,(H,17,18). The van der Waals surface area contributed by atoms with Gasteiger partial charge >= 0.3 is 5.97 Å². The summed E-state index contributed by atoms with van der Waals surface area (Å²) in [7, 11) is 0. The van der Waals surface area contributed by atoms with E-state index >= 15 is 0 Å². The Labute approximate surface area is 114 Å². The zero-order valence-corrected chi connectivity index (χ0v) is 10.5. The van der Waals surface area contributed by atoms with Crippen molar-refractivity contribution in [3.05, 3.63) is 12.2 Å². The maximum absolute atomic E-state index is 11.8. The van der Waals surface area contributed by atoms with Gasteiger partial charge in [-0.05, 0) is 6.08 Å². The minimum atomic E-state index is -2.32. The lowest BCUT2D eigenvalue weighted by Gasteiger charge is -2.42. The van der Waals surface area contributed by atoms with E-state index in [1.165, 1.54) is 6.08 Å². The van der Waals surface area contributed by atoms with E-state index < -0.39 is 42.2 Å². The third kappa shape index (κ3) is 2.27. The first-order valence-electron chi connectivity index (χ1n) is 5.99. The zero-order valence-electron chi connectivity index (χ0n) is 10.5. The van der Waals surface area contributed by atoms with Crippen LogP contribution in [-0.2, 0) is 14.3 Å². The van der Waals surface area contributed by atoms with Crippen LogP contribution in [-0.4, -0.2) is 69.0 Å². The normalized spacial score (nSPS) is 31.6. The molecular formula is C12H15NO7. The van der Waals surface area contributed by atoms with E-state index in [-0.39, 0.29) is 18.7 Å². The molecule has 0 aromatic heterocycles. The van der Waals surface area contributed by atoms with Gasteiger partial charge in [-0.3, -0.25) is 14.6 Å². The van der Waals surface area contributed by atoms with Gasteiger partial charge in [0.05, 0.1) is 32.0 Å². The van der Waals surface area contributed by atoms with Crippen molar-refractivity contribution in [3.63, 3.8) is 0 Å². The summed E-state index contributed by atoms with van der Waals surface area (Å²) >= 11 is 0. The first kappa shape index (κ1) is 14.8. The Hall–Kier alpha value is -1.61. The molecule has 1 aliphatic carbocycles. The highest BCUT2D eigenvalue weighted by Crippen LogP contribution is 2.33. The van der Waals surface area contributed by atoms with Crippen molar-refractivity contribution >= 4 is 17.5 Å². The number of ketones is 1. The number of fused-ring (bicyclic) bond motifs is 1. The molecule has 0 fully saturated rings. The molecule has 0 saturated heterocycles. The number of allylic oxidation sites excluding steroid dienone is 1. The van der Waals surface area contributed by atoms with Crippen LogP contribution in [0.3, 0.4) is 0 Å². The summed E-state index contributed by atoms with van der Waals surface area (Å²) in [5, 5.41) is 37.7. The molecule has 8 heteroatoms. The second-order valence-corrected chi connectivity index (χ2v) is 4.90. The molecule has 2 unspecified atom stereocenters. The van der Waals surface area contributed by atoms with E-state index in [9.17, 15) is 24.9 Å². The molecule has 2 rings (SSSR count). The molecule has 0 amide bonds. The van der Waals surface area contributed by atoms with Crippen LogP contribution < -0.4 is 0 Å². The number of carbonyl (C=O) groups excluding carboxylic acids is 1. The average molecular weight is 285 g/mol. The third-order valence-corrected chi connectivity index (χ3v) is 3.40. The molecular weight excluding hydrogens is 270 g/mol. The molecule has 0 radical (unpaired) electrons. The van der Waals surface area contributed by atoms with Crippen molar-refractivity contribution in [2.45, 2.75) is 17.7 Å². The van der Waals surface area contributed by atoms with Crippen molar-refractivity contribution in [3.8, 4) is 0 Å². The van der Waals surface area contributed by atoms with Gasteiger partial charge in [0.1, 0.15) is 5.54 Å². The lowest BCUT2D eigenvalue weighted by atomic mass is 9.83. The Morgan fingerprint density at radius 3 is 2.65 bits per heavy atom. The number of nitrogens with zero attached hydrogens (tertiary/aromatic N) is 1. The van der Waals surface area contributed by atoms with Gasteiger partial charge in [-0.15, -0.1) is 0 Å². The lowest BCUT2D eigenvalue weighted by Crippen LogP contribution is -2.61. The average Bonchev–Trinajstić information content (AvgIpc) is 2.43. The number of carbonyl (C=O) groups is 2. The van der Waals surface area contributed by atoms with Gasteiger partial charge in [-0.2, -0.15) is 0 Å². The van der Waals surface area contributed by atoms with E-state index in [0.29, 0.717) is 0 Å². The van der Waals surface area contributed by atoms with Crippen molar-refractivity contribution in [1.82, 2.24) is 0 Å². The fourth-order valence-corrected chi connectivity index (χ4v) is 2.18. The lowest BCUT2D eigenvalue weighted by molar-refractivity contribution is -0.186. The summed E-state index contributed by atoms with van der Waals surface area (Å²) < 4.78 is 5.10. The number of hydrogen-bond acceptors (Lipinski definition) is 7. The van der Waals surface area contributed by atoms with E-state index in [1.807, 2.05) is 0 Å². The maximum Gasteiger partial charge on any atom is 0.304 e. The SMILES string of the molecule is O=C(O)CC1C=CC(=O)C2(O)OCC(CO)(CO)N=C12. The quantitative estimate of drug-likeness (QED) is 0.473. The molecule has 2 aliphatic rings. The molecule has 8 nitrogen and oxygen atoms in total. The Bertz CT molecular complexity index is 494. The molecule has 0 spiro atoms. The number of aliphatic hydroxyl groups is 3. The second kappa shape index (κ2) is 5.06. The summed E-state index contributed by atoms with van der Waals surface area (Å²) in [5.41, 5.74) is -1.58. The number of hydrogen-bond donors (Lipinski definition) is 4. The van der Waals surface area contributed by atoms with Gasteiger partial charge in [0.2, 0.25) is 5.78 Å². The Kier molecular flexibility index (Phi) is 3.74. The number of carboxylic acid groups (broad SMARTS) is 1. The van der Waals surface area contributed by atoms with Crippen molar-refractivity contribution in [2.24, 2.45) is 10.9 Å². The number of rotatable bonds is 4. The van der Waals surface area contributed by atoms with Crippen LogP contribution in [0.5, 0.6) is 0 Å².